The average molecular weight is 359 g/mol. The predicted molar refractivity (Wildman–Crippen MR) is 86.9 cm³/mol. The van der Waals surface area contributed by atoms with E-state index in [0.29, 0.717) is 0 Å². The maximum absolute atomic E-state index is 13.2. The molecule has 1 heterocycles. The second kappa shape index (κ2) is 7.18. The smallest absolute Gasteiger partial charge is 0.124 e. The molecule has 5 heteroatoms. The third kappa shape index (κ3) is 3.83. The molecule has 2 unspecified atom stereocenters. The van der Waals surface area contributed by atoms with E-state index in [4.69, 9.17) is 10.5 Å². The Balaban J connectivity index is 2.13. The lowest BCUT2D eigenvalue weighted by atomic mass is 9.84. The summed E-state index contributed by atoms with van der Waals surface area (Å²) in [5.41, 5.74) is 7.52. The highest BCUT2D eigenvalue weighted by Gasteiger charge is 2.37. The van der Waals surface area contributed by atoms with Crippen molar-refractivity contribution in [3.05, 3.63) is 34.1 Å². The van der Waals surface area contributed by atoms with Crippen molar-refractivity contribution in [2.24, 2.45) is 5.73 Å². The number of hydrogen-bond acceptors (Lipinski definition) is 3. The molecule has 0 saturated carbocycles. The van der Waals surface area contributed by atoms with Gasteiger partial charge in [0, 0.05) is 29.1 Å². The maximum atomic E-state index is 13.2. The summed E-state index contributed by atoms with van der Waals surface area (Å²) in [4.78, 5) is 2.43. The molecule has 0 aromatic heterocycles. The third-order valence-electron chi connectivity index (χ3n) is 4.70. The molecule has 1 aliphatic rings. The molecule has 0 spiro atoms. The Morgan fingerprint density at radius 2 is 2.10 bits per heavy atom. The Labute approximate surface area is 134 Å². The van der Waals surface area contributed by atoms with Gasteiger partial charge in [-0.3, -0.25) is 4.90 Å². The van der Waals surface area contributed by atoms with Crippen LogP contribution in [0, 0.1) is 5.82 Å². The fraction of sp³-hybridized carbons (Fsp3) is 0.625. The number of benzene rings is 1. The number of halogens is 2. The average Bonchev–Trinajstić information content (AvgIpc) is 2.50. The van der Waals surface area contributed by atoms with Crippen molar-refractivity contribution in [2.45, 2.75) is 38.3 Å². The number of ether oxygens (including phenoxy) is 1. The molecule has 21 heavy (non-hydrogen) atoms. The van der Waals surface area contributed by atoms with E-state index < -0.39 is 0 Å². The van der Waals surface area contributed by atoms with Gasteiger partial charge >= 0.3 is 0 Å². The molecule has 1 aliphatic heterocycles. The van der Waals surface area contributed by atoms with Gasteiger partial charge in [-0.2, -0.15) is 0 Å². The van der Waals surface area contributed by atoms with Crippen molar-refractivity contribution < 1.29 is 9.13 Å². The lowest BCUT2D eigenvalue weighted by Gasteiger charge is -2.46. The van der Waals surface area contributed by atoms with Crippen LogP contribution >= 0.6 is 15.9 Å². The molecule has 2 N–H and O–H groups in total. The van der Waals surface area contributed by atoms with Gasteiger partial charge in [-0.05, 0) is 37.5 Å². The van der Waals surface area contributed by atoms with E-state index in [9.17, 15) is 4.39 Å². The van der Waals surface area contributed by atoms with Crippen molar-refractivity contribution in [3.63, 3.8) is 0 Å². The number of nitrogens with two attached hydrogens (primary N) is 1. The topological polar surface area (TPSA) is 38.5 Å². The molecule has 3 nitrogen and oxygen atoms in total. The second-order valence-corrected chi connectivity index (χ2v) is 6.71. The predicted octanol–water partition coefficient (Wildman–Crippen LogP) is 2.96. The van der Waals surface area contributed by atoms with Crippen LogP contribution in [0.3, 0.4) is 0 Å². The quantitative estimate of drug-likeness (QED) is 0.879. The zero-order chi connectivity index (χ0) is 15.5. The van der Waals surface area contributed by atoms with Crippen LogP contribution in [-0.4, -0.2) is 42.8 Å². The summed E-state index contributed by atoms with van der Waals surface area (Å²) in [6.07, 6.45) is 1.70. The van der Waals surface area contributed by atoms with Gasteiger partial charge in [-0.15, -0.1) is 0 Å². The maximum Gasteiger partial charge on any atom is 0.124 e. The number of nitrogens with zero attached hydrogens (tertiary/aromatic N) is 1. The lowest BCUT2D eigenvalue weighted by Crippen LogP contribution is -2.61. The Morgan fingerprint density at radius 3 is 2.67 bits per heavy atom. The monoisotopic (exact) mass is 358 g/mol. The normalized spacial score (nSPS) is 21.0. The highest BCUT2D eigenvalue weighted by Crippen LogP contribution is 2.28. The number of morpholine rings is 1. The van der Waals surface area contributed by atoms with Gasteiger partial charge in [0.05, 0.1) is 13.2 Å². The van der Waals surface area contributed by atoms with Crippen LogP contribution in [0.5, 0.6) is 0 Å². The zero-order valence-corrected chi connectivity index (χ0v) is 14.3. The third-order valence-corrected chi connectivity index (χ3v) is 5.44. The Bertz CT molecular complexity index is 479. The van der Waals surface area contributed by atoms with Crippen molar-refractivity contribution in [1.82, 2.24) is 4.90 Å². The summed E-state index contributed by atoms with van der Waals surface area (Å²) in [6.45, 7) is 7.77. The Kier molecular flexibility index (Phi) is 5.77. The van der Waals surface area contributed by atoms with Crippen LogP contribution < -0.4 is 5.73 Å². The summed E-state index contributed by atoms with van der Waals surface area (Å²) < 4.78 is 19.4. The molecule has 1 saturated heterocycles. The lowest BCUT2D eigenvalue weighted by molar-refractivity contribution is -0.0272. The molecule has 0 radical (unpaired) electrons. The van der Waals surface area contributed by atoms with Crippen molar-refractivity contribution in [3.8, 4) is 0 Å². The van der Waals surface area contributed by atoms with E-state index in [1.54, 1.807) is 0 Å². The largest absolute Gasteiger partial charge is 0.379 e. The fourth-order valence-corrected chi connectivity index (χ4v) is 3.45. The van der Waals surface area contributed by atoms with Crippen molar-refractivity contribution in [2.75, 3.05) is 26.3 Å². The first-order valence-corrected chi connectivity index (χ1v) is 8.29. The fourth-order valence-electron chi connectivity index (χ4n) is 2.94. The van der Waals surface area contributed by atoms with Gasteiger partial charge in [0.25, 0.3) is 0 Å². The van der Waals surface area contributed by atoms with E-state index in [1.807, 2.05) is 6.07 Å². The molecule has 118 valence electrons. The molecule has 2 atom stereocenters. The second-order valence-electron chi connectivity index (χ2n) is 5.86. The molecule has 1 aromatic rings. The summed E-state index contributed by atoms with van der Waals surface area (Å²) >= 11 is 3.43. The first-order valence-electron chi connectivity index (χ1n) is 7.49. The Morgan fingerprint density at radius 1 is 1.43 bits per heavy atom. The highest BCUT2D eigenvalue weighted by atomic mass is 79.9. The van der Waals surface area contributed by atoms with Gasteiger partial charge in [0.15, 0.2) is 0 Å². The summed E-state index contributed by atoms with van der Waals surface area (Å²) in [7, 11) is 0. The van der Waals surface area contributed by atoms with Gasteiger partial charge in [-0.25, -0.2) is 4.39 Å². The van der Waals surface area contributed by atoms with E-state index >= 15 is 0 Å². The van der Waals surface area contributed by atoms with Crippen LogP contribution in [0.4, 0.5) is 4.39 Å². The van der Waals surface area contributed by atoms with Crippen LogP contribution in [0.15, 0.2) is 22.7 Å². The number of rotatable bonds is 5. The van der Waals surface area contributed by atoms with E-state index in [0.717, 1.165) is 49.2 Å². The van der Waals surface area contributed by atoms with Gasteiger partial charge < -0.3 is 10.5 Å². The molecular weight excluding hydrogens is 335 g/mol. The number of hydrogen-bond donors (Lipinski definition) is 1. The summed E-state index contributed by atoms with van der Waals surface area (Å²) in [5, 5.41) is 0. The molecule has 0 amide bonds. The molecular formula is C16H24BrFN2O. The van der Waals surface area contributed by atoms with Crippen molar-refractivity contribution in [1.29, 1.82) is 0 Å². The standard InChI is InChI=1S/C16H24BrFN2O/c1-3-16(2,20-6-8-21-9-7-20)15(19)10-12-4-5-13(18)11-14(12)17/h4-5,11,15H,3,6-10,19H2,1-2H3. The minimum atomic E-state index is -0.231. The molecule has 1 aromatic carbocycles. The van der Waals surface area contributed by atoms with E-state index in [-0.39, 0.29) is 17.4 Å². The molecule has 2 rings (SSSR count). The minimum Gasteiger partial charge on any atom is -0.379 e. The Hall–Kier alpha value is -0.490. The summed E-state index contributed by atoms with van der Waals surface area (Å²) in [5.74, 6) is -0.231. The van der Waals surface area contributed by atoms with Gasteiger partial charge in [0.2, 0.25) is 0 Å². The van der Waals surface area contributed by atoms with Gasteiger partial charge in [0.1, 0.15) is 5.82 Å². The minimum absolute atomic E-state index is 0.0117. The van der Waals surface area contributed by atoms with E-state index in [2.05, 4.69) is 34.7 Å². The first kappa shape index (κ1) is 16.9. The SMILES string of the molecule is CCC(C)(C(N)Cc1ccc(F)cc1Br)N1CCOCC1. The van der Waals surface area contributed by atoms with Crippen LogP contribution in [0.2, 0.25) is 0 Å². The van der Waals surface area contributed by atoms with Crippen LogP contribution in [0.25, 0.3) is 0 Å². The van der Waals surface area contributed by atoms with E-state index in [1.165, 1.54) is 12.1 Å². The van der Waals surface area contributed by atoms with Crippen LogP contribution in [0.1, 0.15) is 25.8 Å². The van der Waals surface area contributed by atoms with Crippen molar-refractivity contribution >= 4 is 15.9 Å². The molecule has 0 bridgehead atoms. The first-order chi connectivity index (χ1) is 9.97. The molecule has 0 aliphatic carbocycles. The molecule has 1 fully saturated rings. The van der Waals surface area contributed by atoms with Gasteiger partial charge in [-0.1, -0.05) is 28.9 Å². The zero-order valence-electron chi connectivity index (χ0n) is 12.7. The summed E-state index contributed by atoms with van der Waals surface area (Å²) in [6, 6.07) is 4.79. The highest BCUT2D eigenvalue weighted by molar-refractivity contribution is 9.10. The van der Waals surface area contributed by atoms with Crippen LogP contribution in [-0.2, 0) is 11.2 Å².